The van der Waals surface area contributed by atoms with Gasteiger partial charge in [-0.3, -0.25) is 4.98 Å². The average molecular weight is 261 g/mol. The molecule has 0 aliphatic heterocycles. The normalized spacial score (nSPS) is 12.4. The molecule has 0 saturated heterocycles. The van der Waals surface area contributed by atoms with Gasteiger partial charge in [-0.25, -0.2) is 0 Å². The van der Waals surface area contributed by atoms with Crippen LogP contribution in [0.1, 0.15) is 29.7 Å². The second-order valence-electron chi connectivity index (χ2n) is 4.40. The molecular weight excluding hydrogens is 244 g/mol. The van der Waals surface area contributed by atoms with E-state index < -0.39 is 0 Å². The molecular formula is C15H17ClN2. The predicted octanol–water partition coefficient (Wildman–Crippen LogP) is 3.61. The van der Waals surface area contributed by atoms with E-state index in [9.17, 15) is 0 Å². The highest BCUT2D eigenvalue weighted by Crippen LogP contribution is 2.24. The van der Waals surface area contributed by atoms with Crippen LogP contribution in [0.25, 0.3) is 0 Å². The molecule has 1 aromatic carbocycles. The van der Waals surface area contributed by atoms with Crippen LogP contribution >= 0.6 is 11.6 Å². The molecule has 94 valence electrons. The Morgan fingerprint density at radius 3 is 2.72 bits per heavy atom. The van der Waals surface area contributed by atoms with Crippen LogP contribution in [0.4, 0.5) is 0 Å². The molecule has 0 bridgehead atoms. The molecule has 2 aromatic rings. The monoisotopic (exact) mass is 260 g/mol. The van der Waals surface area contributed by atoms with Crippen molar-refractivity contribution in [2.24, 2.45) is 0 Å². The Hall–Kier alpha value is -1.38. The highest BCUT2D eigenvalue weighted by molar-refractivity contribution is 6.31. The highest BCUT2D eigenvalue weighted by Gasteiger charge is 2.08. The van der Waals surface area contributed by atoms with Crippen molar-refractivity contribution < 1.29 is 0 Å². The van der Waals surface area contributed by atoms with E-state index in [1.54, 1.807) is 6.20 Å². The van der Waals surface area contributed by atoms with Gasteiger partial charge in [0, 0.05) is 23.5 Å². The first kappa shape index (κ1) is 13.1. The van der Waals surface area contributed by atoms with Crippen LogP contribution in [-0.2, 0) is 6.42 Å². The van der Waals surface area contributed by atoms with E-state index in [1.807, 2.05) is 25.4 Å². The summed E-state index contributed by atoms with van der Waals surface area (Å²) in [6, 6.07) is 10.6. The van der Waals surface area contributed by atoms with E-state index in [0.29, 0.717) is 0 Å². The van der Waals surface area contributed by atoms with E-state index in [2.05, 4.69) is 35.4 Å². The van der Waals surface area contributed by atoms with Crippen LogP contribution in [0.5, 0.6) is 0 Å². The Labute approximate surface area is 113 Å². The summed E-state index contributed by atoms with van der Waals surface area (Å²) in [5.74, 6) is 0. The van der Waals surface area contributed by atoms with Crippen molar-refractivity contribution in [3.05, 3.63) is 64.4 Å². The molecule has 0 amide bonds. The van der Waals surface area contributed by atoms with Crippen LogP contribution in [0.15, 0.2) is 42.7 Å². The molecule has 1 atom stereocenters. The van der Waals surface area contributed by atoms with Gasteiger partial charge in [-0.05, 0) is 49.2 Å². The summed E-state index contributed by atoms with van der Waals surface area (Å²) in [6.07, 6.45) is 4.54. The lowest BCUT2D eigenvalue weighted by atomic mass is 10.0. The Bertz CT molecular complexity index is 511. The molecule has 1 aromatic heterocycles. The molecule has 2 nitrogen and oxygen atoms in total. The topological polar surface area (TPSA) is 24.9 Å². The fraction of sp³-hybridized carbons (Fsp3) is 0.267. The van der Waals surface area contributed by atoms with Gasteiger partial charge in [0.25, 0.3) is 0 Å². The minimum absolute atomic E-state index is 0.268. The number of halogens is 1. The second-order valence-corrected chi connectivity index (χ2v) is 4.81. The van der Waals surface area contributed by atoms with Gasteiger partial charge >= 0.3 is 0 Å². The fourth-order valence-electron chi connectivity index (χ4n) is 1.93. The molecule has 1 N–H and O–H groups in total. The first-order valence-corrected chi connectivity index (χ1v) is 6.43. The van der Waals surface area contributed by atoms with E-state index in [0.717, 1.165) is 17.0 Å². The summed E-state index contributed by atoms with van der Waals surface area (Å²) < 4.78 is 0. The smallest absolute Gasteiger partial charge is 0.0456 e. The lowest BCUT2D eigenvalue weighted by Crippen LogP contribution is -2.12. The van der Waals surface area contributed by atoms with Crippen LogP contribution < -0.4 is 5.32 Å². The molecule has 0 radical (unpaired) electrons. The zero-order valence-electron chi connectivity index (χ0n) is 10.7. The summed E-state index contributed by atoms with van der Waals surface area (Å²) in [4.78, 5) is 4.12. The minimum atomic E-state index is 0.268. The minimum Gasteiger partial charge on any atom is -0.313 e. The van der Waals surface area contributed by atoms with E-state index in [4.69, 9.17) is 11.6 Å². The van der Waals surface area contributed by atoms with Gasteiger partial charge in [-0.15, -0.1) is 0 Å². The molecule has 0 spiro atoms. The second kappa shape index (κ2) is 5.98. The average Bonchev–Trinajstić information content (AvgIpc) is 2.39. The SMILES string of the molecule is CNC(C)c1ccc(Cc2cccnc2)cc1Cl. The number of pyridine rings is 1. The van der Waals surface area contributed by atoms with Crippen molar-refractivity contribution >= 4 is 11.6 Å². The standard InChI is InChI=1S/C15H17ClN2/c1-11(17-2)14-6-5-12(9-15(14)16)8-13-4-3-7-18-10-13/h3-7,9-11,17H,8H2,1-2H3. The Morgan fingerprint density at radius 2 is 2.11 bits per heavy atom. The van der Waals surface area contributed by atoms with Crippen molar-refractivity contribution in [1.82, 2.24) is 10.3 Å². The van der Waals surface area contributed by atoms with Crippen molar-refractivity contribution in [3.63, 3.8) is 0 Å². The summed E-state index contributed by atoms with van der Waals surface area (Å²) in [7, 11) is 1.94. The molecule has 3 heteroatoms. The van der Waals surface area contributed by atoms with Gasteiger partial charge in [-0.1, -0.05) is 29.8 Å². The lowest BCUT2D eigenvalue weighted by molar-refractivity contribution is 0.652. The largest absolute Gasteiger partial charge is 0.313 e. The van der Waals surface area contributed by atoms with Crippen LogP contribution in [0.2, 0.25) is 5.02 Å². The number of rotatable bonds is 4. The van der Waals surface area contributed by atoms with Gasteiger partial charge in [0.15, 0.2) is 0 Å². The number of hydrogen-bond donors (Lipinski definition) is 1. The first-order valence-electron chi connectivity index (χ1n) is 6.05. The first-order chi connectivity index (χ1) is 8.70. The molecule has 0 saturated carbocycles. The maximum absolute atomic E-state index is 6.31. The zero-order valence-corrected chi connectivity index (χ0v) is 11.4. The molecule has 1 unspecified atom stereocenters. The Kier molecular flexibility index (Phi) is 4.34. The number of aromatic nitrogens is 1. The van der Waals surface area contributed by atoms with Gasteiger partial charge < -0.3 is 5.32 Å². The molecule has 1 heterocycles. The van der Waals surface area contributed by atoms with Crippen molar-refractivity contribution in [3.8, 4) is 0 Å². The van der Waals surface area contributed by atoms with Crippen molar-refractivity contribution in [1.29, 1.82) is 0 Å². The third-order valence-corrected chi connectivity index (χ3v) is 3.42. The number of hydrogen-bond acceptors (Lipinski definition) is 2. The van der Waals surface area contributed by atoms with Crippen molar-refractivity contribution in [2.75, 3.05) is 7.05 Å². The molecule has 0 aliphatic rings. The zero-order chi connectivity index (χ0) is 13.0. The summed E-state index contributed by atoms with van der Waals surface area (Å²) in [6.45, 7) is 2.10. The maximum atomic E-state index is 6.31. The quantitative estimate of drug-likeness (QED) is 0.909. The highest BCUT2D eigenvalue weighted by atomic mass is 35.5. The summed E-state index contributed by atoms with van der Waals surface area (Å²) >= 11 is 6.31. The van der Waals surface area contributed by atoms with Gasteiger partial charge in [0.1, 0.15) is 0 Å². The van der Waals surface area contributed by atoms with Gasteiger partial charge in [0.05, 0.1) is 0 Å². The summed E-state index contributed by atoms with van der Waals surface area (Å²) in [5.41, 5.74) is 3.54. The number of benzene rings is 1. The van der Waals surface area contributed by atoms with Crippen molar-refractivity contribution in [2.45, 2.75) is 19.4 Å². The lowest BCUT2D eigenvalue weighted by Gasteiger charge is -2.13. The van der Waals surface area contributed by atoms with E-state index in [-0.39, 0.29) is 6.04 Å². The predicted molar refractivity (Wildman–Crippen MR) is 76.0 cm³/mol. The fourth-order valence-corrected chi connectivity index (χ4v) is 2.29. The van der Waals surface area contributed by atoms with E-state index in [1.165, 1.54) is 11.1 Å². The number of nitrogens with zero attached hydrogens (tertiary/aromatic N) is 1. The molecule has 0 aliphatic carbocycles. The maximum Gasteiger partial charge on any atom is 0.0456 e. The van der Waals surface area contributed by atoms with Crippen LogP contribution in [0.3, 0.4) is 0 Å². The van der Waals surface area contributed by atoms with Crippen LogP contribution in [-0.4, -0.2) is 12.0 Å². The third kappa shape index (κ3) is 3.09. The van der Waals surface area contributed by atoms with E-state index >= 15 is 0 Å². The Balaban J connectivity index is 2.19. The molecule has 2 rings (SSSR count). The van der Waals surface area contributed by atoms with Gasteiger partial charge in [-0.2, -0.15) is 0 Å². The number of nitrogens with one attached hydrogen (secondary N) is 1. The third-order valence-electron chi connectivity index (χ3n) is 3.10. The summed E-state index contributed by atoms with van der Waals surface area (Å²) in [5, 5.41) is 4.01. The van der Waals surface area contributed by atoms with Gasteiger partial charge in [0.2, 0.25) is 0 Å². The van der Waals surface area contributed by atoms with Crippen LogP contribution in [0, 0.1) is 0 Å². The Morgan fingerprint density at radius 1 is 1.28 bits per heavy atom. The molecule has 0 fully saturated rings. The molecule has 18 heavy (non-hydrogen) atoms.